The number of fused-ring (bicyclic) bond motifs is 1. The second-order valence-electron chi connectivity index (χ2n) is 3.51. The van der Waals surface area contributed by atoms with E-state index < -0.39 is 0 Å². The summed E-state index contributed by atoms with van der Waals surface area (Å²) in [5.41, 5.74) is 3.80. The summed E-state index contributed by atoms with van der Waals surface area (Å²) in [5.74, 6) is 1.00. The number of anilines is 1. The highest BCUT2D eigenvalue weighted by molar-refractivity contribution is 5.64. The molecule has 0 spiro atoms. The molecule has 2 rings (SSSR count). The van der Waals surface area contributed by atoms with Crippen molar-refractivity contribution in [1.29, 1.82) is 0 Å². The van der Waals surface area contributed by atoms with Crippen LogP contribution in [0.4, 0.5) is 5.69 Å². The van der Waals surface area contributed by atoms with Crippen molar-refractivity contribution in [3.05, 3.63) is 23.3 Å². The molecule has 0 fully saturated rings. The molecule has 1 N–H and O–H groups in total. The Labute approximate surface area is 92.6 Å². The SMILES string of the molecule is CC.Cc1ccc2c(c1C)NCCCO2. The fourth-order valence-electron chi connectivity index (χ4n) is 1.60. The van der Waals surface area contributed by atoms with Crippen LogP contribution in [0.25, 0.3) is 0 Å². The van der Waals surface area contributed by atoms with E-state index in [0.717, 1.165) is 25.3 Å². The zero-order valence-electron chi connectivity index (χ0n) is 10.2. The summed E-state index contributed by atoms with van der Waals surface area (Å²) >= 11 is 0. The normalized spacial score (nSPS) is 13.6. The lowest BCUT2D eigenvalue weighted by Crippen LogP contribution is -2.01. The van der Waals surface area contributed by atoms with E-state index >= 15 is 0 Å². The molecular weight excluding hydrogens is 186 g/mol. The third-order valence-corrected chi connectivity index (χ3v) is 2.58. The van der Waals surface area contributed by atoms with Crippen molar-refractivity contribution >= 4 is 5.69 Å². The van der Waals surface area contributed by atoms with Crippen molar-refractivity contribution in [3.8, 4) is 5.75 Å². The van der Waals surface area contributed by atoms with Crippen molar-refractivity contribution in [1.82, 2.24) is 0 Å². The molecule has 1 aromatic rings. The summed E-state index contributed by atoms with van der Waals surface area (Å²) in [5, 5.41) is 3.41. The highest BCUT2D eigenvalue weighted by Gasteiger charge is 2.11. The second-order valence-corrected chi connectivity index (χ2v) is 3.51. The minimum Gasteiger partial charge on any atom is -0.491 e. The van der Waals surface area contributed by atoms with Gasteiger partial charge in [-0.25, -0.2) is 0 Å². The van der Waals surface area contributed by atoms with E-state index in [-0.39, 0.29) is 0 Å². The van der Waals surface area contributed by atoms with Gasteiger partial charge >= 0.3 is 0 Å². The summed E-state index contributed by atoms with van der Waals surface area (Å²) in [6.07, 6.45) is 1.08. The first kappa shape index (κ1) is 11.9. The van der Waals surface area contributed by atoms with Crippen LogP contribution >= 0.6 is 0 Å². The molecule has 2 heteroatoms. The van der Waals surface area contributed by atoms with E-state index in [1.807, 2.05) is 13.8 Å². The molecule has 1 heterocycles. The van der Waals surface area contributed by atoms with Gasteiger partial charge in [0.25, 0.3) is 0 Å². The molecule has 0 atom stereocenters. The standard InChI is InChI=1S/C11H15NO.C2H6/c1-8-4-5-10-11(9(8)2)12-6-3-7-13-10;1-2/h4-5,12H,3,6-7H2,1-2H3;1-2H3. The van der Waals surface area contributed by atoms with Gasteiger partial charge in [0.05, 0.1) is 12.3 Å². The molecule has 0 saturated heterocycles. The summed E-state index contributed by atoms with van der Waals surface area (Å²) in [7, 11) is 0. The Balaban J connectivity index is 0.000000531. The first-order valence-electron chi connectivity index (χ1n) is 5.76. The van der Waals surface area contributed by atoms with Gasteiger partial charge in [0.15, 0.2) is 0 Å². The third kappa shape index (κ3) is 2.65. The van der Waals surface area contributed by atoms with Crippen LogP contribution in [0.15, 0.2) is 12.1 Å². The Bertz CT molecular complexity index is 321. The lowest BCUT2D eigenvalue weighted by molar-refractivity contribution is 0.323. The molecule has 0 radical (unpaired) electrons. The van der Waals surface area contributed by atoms with Crippen molar-refractivity contribution in [3.63, 3.8) is 0 Å². The molecule has 0 saturated carbocycles. The first-order valence-corrected chi connectivity index (χ1v) is 5.76. The van der Waals surface area contributed by atoms with Gasteiger partial charge in [-0.05, 0) is 37.5 Å². The number of ether oxygens (including phenoxy) is 1. The van der Waals surface area contributed by atoms with Gasteiger partial charge in [0.1, 0.15) is 5.75 Å². The van der Waals surface area contributed by atoms with Crippen LogP contribution in [0.5, 0.6) is 5.75 Å². The van der Waals surface area contributed by atoms with Gasteiger partial charge in [-0.2, -0.15) is 0 Å². The maximum absolute atomic E-state index is 5.62. The Morgan fingerprint density at radius 2 is 1.93 bits per heavy atom. The smallest absolute Gasteiger partial charge is 0.142 e. The van der Waals surface area contributed by atoms with E-state index in [1.165, 1.54) is 16.8 Å². The summed E-state index contributed by atoms with van der Waals surface area (Å²) in [6, 6.07) is 4.16. The Kier molecular flexibility index (Phi) is 4.47. The topological polar surface area (TPSA) is 21.3 Å². The van der Waals surface area contributed by atoms with E-state index in [1.54, 1.807) is 0 Å². The fraction of sp³-hybridized carbons (Fsp3) is 0.538. The summed E-state index contributed by atoms with van der Waals surface area (Å²) in [4.78, 5) is 0. The van der Waals surface area contributed by atoms with Gasteiger partial charge in [-0.1, -0.05) is 19.9 Å². The lowest BCUT2D eigenvalue weighted by Gasteiger charge is -2.12. The number of hydrogen-bond acceptors (Lipinski definition) is 2. The average molecular weight is 207 g/mol. The Morgan fingerprint density at radius 3 is 2.67 bits per heavy atom. The zero-order chi connectivity index (χ0) is 11.3. The molecule has 84 valence electrons. The van der Waals surface area contributed by atoms with Gasteiger partial charge in [-0.15, -0.1) is 0 Å². The van der Waals surface area contributed by atoms with Crippen molar-refractivity contribution in [2.24, 2.45) is 0 Å². The monoisotopic (exact) mass is 207 g/mol. The van der Waals surface area contributed by atoms with E-state index in [0.29, 0.717) is 0 Å². The molecule has 0 unspecified atom stereocenters. The minimum atomic E-state index is 0.822. The van der Waals surface area contributed by atoms with Gasteiger partial charge in [-0.3, -0.25) is 0 Å². The molecular formula is C13H21NO. The van der Waals surface area contributed by atoms with Crippen LogP contribution < -0.4 is 10.1 Å². The van der Waals surface area contributed by atoms with E-state index in [2.05, 4.69) is 31.3 Å². The van der Waals surface area contributed by atoms with E-state index in [4.69, 9.17) is 4.74 Å². The average Bonchev–Trinajstić information content (AvgIpc) is 2.52. The largest absolute Gasteiger partial charge is 0.491 e. The van der Waals surface area contributed by atoms with Crippen molar-refractivity contribution in [2.45, 2.75) is 34.1 Å². The van der Waals surface area contributed by atoms with Crippen LogP contribution in [-0.4, -0.2) is 13.2 Å². The second kappa shape index (κ2) is 5.64. The predicted octanol–water partition coefficient (Wildman–Crippen LogP) is 3.52. The van der Waals surface area contributed by atoms with Crippen molar-refractivity contribution in [2.75, 3.05) is 18.5 Å². The molecule has 2 nitrogen and oxygen atoms in total. The van der Waals surface area contributed by atoms with Gasteiger partial charge in [0, 0.05) is 6.54 Å². The van der Waals surface area contributed by atoms with Crippen molar-refractivity contribution < 1.29 is 4.74 Å². The molecule has 0 aromatic heterocycles. The maximum atomic E-state index is 5.62. The molecule has 1 aromatic carbocycles. The number of aryl methyl sites for hydroxylation is 1. The number of benzene rings is 1. The van der Waals surface area contributed by atoms with Crippen LogP contribution in [0, 0.1) is 13.8 Å². The highest BCUT2D eigenvalue weighted by Crippen LogP contribution is 2.31. The summed E-state index contributed by atoms with van der Waals surface area (Å²) in [6.45, 7) is 10.1. The van der Waals surface area contributed by atoms with Crippen LogP contribution in [-0.2, 0) is 0 Å². The Hall–Kier alpha value is -1.18. The minimum absolute atomic E-state index is 0.822. The third-order valence-electron chi connectivity index (χ3n) is 2.58. The van der Waals surface area contributed by atoms with Crippen LogP contribution in [0.2, 0.25) is 0 Å². The zero-order valence-corrected chi connectivity index (χ0v) is 10.2. The molecule has 1 aliphatic rings. The quantitative estimate of drug-likeness (QED) is 0.702. The lowest BCUT2D eigenvalue weighted by atomic mass is 10.1. The molecule has 1 aliphatic heterocycles. The molecule has 15 heavy (non-hydrogen) atoms. The van der Waals surface area contributed by atoms with Crippen LogP contribution in [0.3, 0.4) is 0 Å². The van der Waals surface area contributed by atoms with Gasteiger partial charge in [0.2, 0.25) is 0 Å². The maximum Gasteiger partial charge on any atom is 0.142 e. The fourth-order valence-corrected chi connectivity index (χ4v) is 1.60. The molecule has 0 bridgehead atoms. The number of nitrogens with one attached hydrogen (secondary N) is 1. The first-order chi connectivity index (χ1) is 7.29. The highest BCUT2D eigenvalue weighted by atomic mass is 16.5. The van der Waals surface area contributed by atoms with Crippen LogP contribution in [0.1, 0.15) is 31.4 Å². The predicted molar refractivity (Wildman–Crippen MR) is 65.9 cm³/mol. The van der Waals surface area contributed by atoms with E-state index in [9.17, 15) is 0 Å². The number of hydrogen-bond donors (Lipinski definition) is 1. The Morgan fingerprint density at radius 1 is 1.20 bits per heavy atom. The molecule has 0 amide bonds. The number of rotatable bonds is 0. The summed E-state index contributed by atoms with van der Waals surface area (Å²) < 4.78 is 5.62. The molecule has 0 aliphatic carbocycles. The van der Waals surface area contributed by atoms with Gasteiger partial charge < -0.3 is 10.1 Å².